The van der Waals surface area contributed by atoms with Crippen molar-refractivity contribution in [3.8, 4) is 0 Å². The van der Waals surface area contributed by atoms with Crippen molar-refractivity contribution in [3.05, 3.63) is 70.0 Å². The average molecular weight is 446 g/mol. The fourth-order valence-electron chi connectivity index (χ4n) is 4.12. The number of aromatic nitrogens is 2. The minimum Gasteiger partial charge on any atom is -0.342 e. The molecule has 1 aliphatic heterocycles. The third-order valence-electron chi connectivity index (χ3n) is 5.82. The molecule has 0 radical (unpaired) electrons. The summed E-state index contributed by atoms with van der Waals surface area (Å²) >= 11 is 0. The van der Waals surface area contributed by atoms with Crippen molar-refractivity contribution < 1.29 is 22.9 Å². The van der Waals surface area contributed by atoms with E-state index >= 15 is 0 Å². The topological polar surface area (TPSA) is 81.3 Å². The van der Waals surface area contributed by atoms with Crippen LogP contribution in [0, 0.1) is 16.0 Å². The number of nitro benzene ring substituents is 1. The Bertz CT molecular complexity index is 1130. The number of non-ortho nitro benzene ring substituents is 1. The second kappa shape index (κ2) is 8.60. The summed E-state index contributed by atoms with van der Waals surface area (Å²) in [6.07, 6.45) is -3.22. The Morgan fingerprint density at radius 2 is 1.75 bits per heavy atom. The molecule has 10 heteroatoms. The van der Waals surface area contributed by atoms with Crippen LogP contribution in [0.4, 0.5) is 18.9 Å². The third-order valence-corrected chi connectivity index (χ3v) is 5.82. The van der Waals surface area contributed by atoms with E-state index in [0.29, 0.717) is 42.5 Å². The van der Waals surface area contributed by atoms with Crippen molar-refractivity contribution in [1.82, 2.24) is 14.5 Å². The molecule has 1 saturated heterocycles. The van der Waals surface area contributed by atoms with E-state index in [1.165, 1.54) is 16.7 Å². The number of piperidine rings is 1. The van der Waals surface area contributed by atoms with Crippen molar-refractivity contribution in [1.29, 1.82) is 0 Å². The van der Waals surface area contributed by atoms with Gasteiger partial charge in [0.15, 0.2) is 0 Å². The summed E-state index contributed by atoms with van der Waals surface area (Å²) in [4.78, 5) is 28.3. The van der Waals surface area contributed by atoms with Crippen LogP contribution in [0.25, 0.3) is 11.0 Å². The van der Waals surface area contributed by atoms with E-state index in [-0.39, 0.29) is 30.5 Å². The van der Waals surface area contributed by atoms with Crippen LogP contribution in [0.15, 0.2) is 48.5 Å². The lowest BCUT2D eigenvalue weighted by Gasteiger charge is -2.32. The second-order valence-electron chi connectivity index (χ2n) is 7.96. The normalized spacial score (nSPS) is 15.3. The van der Waals surface area contributed by atoms with Gasteiger partial charge >= 0.3 is 6.18 Å². The maximum Gasteiger partial charge on any atom is 0.449 e. The van der Waals surface area contributed by atoms with Crippen LogP contribution >= 0.6 is 0 Å². The summed E-state index contributed by atoms with van der Waals surface area (Å²) in [7, 11) is 0. The minimum atomic E-state index is -4.54. The molecule has 168 valence electrons. The summed E-state index contributed by atoms with van der Waals surface area (Å²) < 4.78 is 41.8. The van der Waals surface area contributed by atoms with Crippen molar-refractivity contribution in [2.45, 2.75) is 32.0 Å². The summed E-state index contributed by atoms with van der Waals surface area (Å²) in [5.41, 5.74) is 1.42. The number of carbonyl (C=O) groups excluding carboxylic acids is 1. The highest BCUT2D eigenvalue weighted by Crippen LogP contribution is 2.33. The molecule has 0 spiro atoms. The summed E-state index contributed by atoms with van der Waals surface area (Å²) in [6.45, 7) is 1.12. The SMILES string of the molecule is O=C(Cc1ccc([N+](=O)[O-])cc1)N1CCC(Cn2c(C(F)(F)F)nc3ccccc32)CC1. The van der Waals surface area contributed by atoms with Gasteiger partial charge in [0.05, 0.1) is 22.4 Å². The Balaban J connectivity index is 1.39. The number of rotatable bonds is 5. The molecule has 32 heavy (non-hydrogen) atoms. The zero-order valence-corrected chi connectivity index (χ0v) is 17.1. The molecule has 1 aromatic heterocycles. The number of para-hydroxylation sites is 2. The number of fused-ring (bicyclic) bond motifs is 1. The van der Waals surface area contributed by atoms with Gasteiger partial charge in [-0.2, -0.15) is 13.2 Å². The largest absolute Gasteiger partial charge is 0.449 e. The van der Waals surface area contributed by atoms with Gasteiger partial charge in [0.1, 0.15) is 0 Å². The van der Waals surface area contributed by atoms with E-state index in [4.69, 9.17) is 0 Å². The summed E-state index contributed by atoms with van der Waals surface area (Å²) in [6, 6.07) is 12.4. The van der Waals surface area contributed by atoms with E-state index < -0.39 is 16.9 Å². The lowest BCUT2D eigenvalue weighted by Crippen LogP contribution is -2.40. The van der Waals surface area contributed by atoms with Gasteiger partial charge in [0.25, 0.3) is 5.69 Å². The van der Waals surface area contributed by atoms with E-state index in [1.54, 1.807) is 41.3 Å². The van der Waals surface area contributed by atoms with Crippen molar-refractivity contribution >= 4 is 22.6 Å². The van der Waals surface area contributed by atoms with Crippen LogP contribution in [0.1, 0.15) is 24.2 Å². The van der Waals surface area contributed by atoms with E-state index in [2.05, 4.69) is 4.98 Å². The van der Waals surface area contributed by atoms with Crippen LogP contribution in [-0.4, -0.2) is 38.4 Å². The molecular weight excluding hydrogens is 425 g/mol. The van der Waals surface area contributed by atoms with Crippen LogP contribution < -0.4 is 0 Å². The zero-order chi connectivity index (χ0) is 22.9. The highest BCUT2D eigenvalue weighted by Gasteiger charge is 2.38. The molecule has 2 aromatic carbocycles. The molecule has 0 atom stereocenters. The number of nitrogens with zero attached hydrogens (tertiary/aromatic N) is 4. The summed E-state index contributed by atoms with van der Waals surface area (Å²) in [5.74, 6) is -0.992. The first-order chi connectivity index (χ1) is 15.2. The Hall–Kier alpha value is -3.43. The highest BCUT2D eigenvalue weighted by atomic mass is 19.4. The Labute approximate surface area is 181 Å². The Morgan fingerprint density at radius 3 is 2.38 bits per heavy atom. The maximum absolute atomic E-state index is 13.5. The number of likely N-dealkylation sites (tertiary alicyclic amines) is 1. The zero-order valence-electron chi connectivity index (χ0n) is 17.1. The first-order valence-corrected chi connectivity index (χ1v) is 10.3. The molecule has 0 aliphatic carbocycles. The number of benzene rings is 2. The number of imidazole rings is 1. The van der Waals surface area contributed by atoms with Crippen LogP contribution in [0.3, 0.4) is 0 Å². The molecule has 1 amide bonds. The lowest BCUT2D eigenvalue weighted by atomic mass is 9.96. The fourth-order valence-corrected chi connectivity index (χ4v) is 4.12. The molecule has 0 unspecified atom stereocenters. The van der Waals surface area contributed by atoms with Gasteiger partial charge in [0.2, 0.25) is 11.7 Å². The van der Waals surface area contributed by atoms with Crippen LogP contribution in [0.2, 0.25) is 0 Å². The number of hydrogen-bond acceptors (Lipinski definition) is 4. The minimum absolute atomic E-state index is 0.00266. The molecule has 0 bridgehead atoms. The Kier molecular flexibility index (Phi) is 5.86. The quantitative estimate of drug-likeness (QED) is 0.429. The Morgan fingerprint density at radius 1 is 1.09 bits per heavy atom. The molecule has 0 N–H and O–H groups in total. The smallest absolute Gasteiger partial charge is 0.342 e. The number of nitro groups is 1. The second-order valence-corrected chi connectivity index (χ2v) is 7.96. The van der Waals surface area contributed by atoms with Gasteiger partial charge in [-0.15, -0.1) is 0 Å². The van der Waals surface area contributed by atoms with E-state index in [0.717, 1.165) is 0 Å². The molecule has 1 fully saturated rings. The maximum atomic E-state index is 13.5. The highest BCUT2D eigenvalue weighted by molar-refractivity contribution is 5.79. The number of hydrogen-bond donors (Lipinski definition) is 0. The lowest BCUT2D eigenvalue weighted by molar-refractivity contribution is -0.384. The first-order valence-electron chi connectivity index (χ1n) is 10.3. The van der Waals surface area contributed by atoms with Gasteiger partial charge in [-0.25, -0.2) is 4.98 Å². The van der Waals surface area contributed by atoms with Gasteiger partial charge < -0.3 is 9.47 Å². The van der Waals surface area contributed by atoms with Crippen molar-refractivity contribution in [2.75, 3.05) is 13.1 Å². The van der Waals surface area contributed by atoms with Gasteiger partial charge in [-0.05, 0) is 36.5 Å². The average Bonchev–Trinajstić information content (AvgIpc) is 3.14. The number of alkyl halides is 3. The number of halogens is 3. The fraction of sp³-hybridized carbons (Fsp3) is 0.364. The van der Waals surface area contributed by atoms with Crippen LogP contribution in [0.5, 0.6) is 0 Å². The van der Waals surface area contributed by atoms with Crippen molar-refractivity contribution in [2.24, 2.45) is 5.92 Å². The molecule has 3 aromatic rings. The predicted molar refractivity (Wildman–Crippen MR) is 111 cm³/mol. The molecule has 2 heterocycles. The number of amides is 1. The molecule has 7 nitrogen and oxygen atoms in total. The van der Waals surface area contributed by atoms with Gasteiger partial charge in [-0.1, -0.05) is 24.3 Å². The monoisotopic (exact) mass is 446 g/mol. The first kappa shape index (κ1) is 21.8. The number of carbonyl (C=O) groups is 1. The molecule has 4 rings (SSSR count). The van der Waals surface area contributed by atoms with Gasteiger partial charge in [-0.3, -0.25) is 14.9 Å². The van der Waals surface area contributed by atoms with Crippen molar-refractivity contribution in [3.63, 3.8) is 0 Å². The predicted octanol–water partition coefficient (Wildman–Crippen LogP) is 4.44. The standard InChI is InChI=1S/C22H21F3N4O3/c23-22(24,25)21-26-18-3-1-2-4-19(18)28(21)14-16-9-11-27(12-10-16)20(30)13-15-5-7-17(8-6-15)29(31)32/h1-8,16H,9-14H2. The van der Waals surface area contributed by atoms with Crippen LogP contribution in [-0.2, 0) is 23.9 Å². The molecular formula is C22H21F3N4O3. The summed E-state index contributed by atoms with van der Waals surface area (Å²) in [5, 5.41) is 10.7. The van der Waals surface area contributed by atoms with E-state index in [1.807, 2.05) is 0 Å². The van der Waals surface area contributed by atoms with Gasteiger partial charge in [0, 0.05) is 31.8 Å². The molecule has 0 saturated carbocycles. The molecule has 1 aliphatic rings. The third kappa shape index (κ3) is 4.58. The van der Waals surface area contributed by atoms with E-state index in [9.17, 15) is 28.1 Å².